The molecule has 1 rings (SSSR count). The van der Waals surface area contributed by atoms with Gasteiger partial charge in [0.1, 0.15) is 5.75 Å². The molecule has 0 spiro atoms. The average Bonchev–Trinajstić information content (AvgIpc) is 2.36. The molecule has 0 aliphatic carbocycles. The van der Waals surface area contributed by atoms with Gasteiger partial charge in [-0.1, -0.05) is 6.07 Å². The molecule has 0 fully saturated rings. The average molecular weight is 340 g/mol. The summed E-state index contributed by atoms with van der Waals surface area (Å²) >= 11 is 0. The van der Waals surface area contributed by atoms with Crippen LogP contribution in [0.15, 0.2) is 18.2 Å². The highest BCUT2D eigenvalue weighted by atomic mass is 19.4. The van der Waals surface area contributed by atoms with Crippen LogP contribution in [0, 0.1) is 0 Å². The zero-order chi connectivity index (χ0) is 17.6. The second kappa shape index (κ2) is 5.06. The van der Waals surface area contributed by atoms with Gasteiger partial charge < -0.3 is 5.11 Å². The minimum atomic E-state index is -7.08. The van der Waals surface area contributed by atoms with E-state index in [1.165, 1.54) is 0 Å². The molecule has 0 aliphatic heterocycles. The maximum Gasteiger partial charge on any atom is 0.460 e. The summed E-state index contributed by atoms with van der Waals surface area (Å²) in [5.74, 6) is -21.9. The van der Waals surface area contributed by atoms with Crippen molar-refractivity contribution in [2.45, 2.75) is 23.9 Å². The number of carbonyl (C=O) groups excluding carboxylic acids is 1. The molecule has 0 heterocycles. The van der Waals surface area contributed by atoms with Crippen LogP contribution in [0.4, 0.5) is 39.5 Å². The van der Waals surface area contributed by atoms with E-state index in [9.17, 15) is 49.4 Å². The molecular formula is C11H5F9O2. The monoisotopic (exact) mass is 340 g/mol. The van der Waals surface area contributed by atoms with Gasteiger partial charge in [-0.05, 0) is 12.1 Å². The molecule has 0 bridgehead atoms. The first-order valence-corrected chi connectivity index (χ1v) is 5.19. The Hall–Kier alpha value is -1.94. The Morgan fingerprint density at radius 1 is 0.864 bits per heavy atom. The Morgan fingerprint density at radius 3 is 1.77 bits per heavy atom. The van der Waals surface area contributed by atoms with Gasteiger partial charge in [0.2, 0.25) is 0 Å². The van der Waals surface area contributed by atoms with Gasteiger partial charge in [-0.3, -0.25) is 4.79 Å². The molecule has 0 saturated carbocycles. The van der Waals surface area contributed by atoms with E-state index in [0.717, 1.165) is 0 Å². The quantitative estimate of drug-likeness (QED) is 0.661. The van der Waals surface area contributed by atoms with Crippen molar-refractivity contribution >= 4 is 6.29 Å². The third kappa shape index (κ3) is 2.37. The molecule has 0 amide bonds. The second-order valence-corrected chi connectivity index (χ2v) is 4.08. The Labute approximate surface area is 116 Å². The number of rotatable bonds is 4. The van der Waals surface area contributed by atoms with E-state index in [1.807, 2.05) is 0 Å². The number of hydrogen-bond acceptors (Lipinski definition) is 2. The van der Waals surface area contributed by atoms with E-state index in [0.29, 0.717) is 12.1 Å². The highest BCUT2D eigenvalue weighted by molar-refractivity contribution is 5.80. The van der Waals surface area contributed by atoms with E-state index < -0.39 is 40.8 Å². The first kappa shape index (κ1) is 18.1. The van der Waals surface area contributed by atoms with Crippen LogP contribution in [0.5, 0.6) is 5.75 Å². The van der Waals surface area contributed by atoms with Crippen molar-refractivity contribution in [1.29, 1.82) is 0 Å². The van der Waals surface area contributed by atoms with Gasteiger partial charge in [-0.25, -0.2) is 0 Å². The highest BCUT2D eigenvalue weighted by Gasteiger charge is 2.82. The number of benzene rings is 1. The van der Waals surface area contributed by atoms with E-state index in [4.69, 9.17) is 0 Å². The van der Waals surface area contributed by atoms with Gasteiger partial charge in [0, 0.05) is 0 Å². The number of phenolic OH excluding ortho intramolecular Hbond substituents is 1. The lowest BCUT2D eigenvalue weighted by molar-refractivity contribution is -0.399. The topological polar surface area (TPSA) is 37.3 Å². The van der Waals surface area contributed by atoms with Gasteiger partial charge >= 0.3 is 23.9 Å². The van der Waals surface area contributed by atoms with Gasteiger partial charge in [0.05, 0.1) is 11.1 Å². The van der Waals surface area contributed by atoms with Crippen LogP contribution in [0.25, 0.3) is 0 Å². The summed E-state index contributed by atoms with van der Waals surface area (Å²) in [6, 6.07) is 1.18. The number of hydrogen-bond donors (Lipinski definition) is 1. The number of aromatic hydroxyl groups is 1. The molecule has 0 unspecified atom stereocenters. The molecule has 0 radical (unpaired) electrons. The van der Waals surface area contributed by atoms with Crippen LogP contribution in [0.2, 0.25) is 0 Å². The second-order valence-electron chi connectivity index (χ2n) is 4.08. The van der Waals surface area contributed by atoms with Crippen molar-refractivity contribution in [3.63, 3.8) is 0 Å². The lowest BCUT2D eigenvalue weighted by Gasteiger charge is -2.34. The number of carbonyl (C=O) groups is 1. The van der Waals surface area contributed by atoms with Crippen LogP contribution in [-0.2, 0) is 5.92 Å². The molecule has 2 nitrogen and oxygen atoms in total. The summed E-state index contributed by atoms with van der Waals surface area (Å²) in [6.07, 6.45) is -7.23. The Kier molecular flexibility index (Phi) is 4.16. The zero-order valence-electron chi connectivity index (χ0n) is 10.1. The van der Waals surface area contributed by atoms with Crippen molar-refractivity contribution < 1.29 is 49.4 Å². The van der Waals surface area contributed by atoms with Crippen molar-refractivity contribution in [2.24, 2.45) is 0 Å². The fourth-order valence-electron chi connectivity index (χ4n) is 1.45. The van der Waals surface area contributed by atoms with Crippen molar-refractivity contribution in [3.05, 3.63) is 29.3 Å². The summed E-state index contributed by atoms with van der Waals surface area (Å²) in [5.41, 5.74) is -3.21. The largest absolute Gasteiger partial charge is 0.507 e. The first-order chi connectivity index (χ1) is 9.71. The van der Waals surface area contributed by atoms with Crippen LogP contribution in [0.3, 0.4) is 0 Å². The first-order valence-electron chi connectivity index (χ1n) is 5.19. The van der Waals surface area contributed by atoms with E-state index >= 15 is 0 Å². The van der Waals surface area contributed by atoms with Crippen molar-refractivity contribution in [2.75, 3.05) is 0 Å². The molecule has 11 heteroatoms. The fourth-order valence-corrected chi connectivity index (χ4v) is 1.45. The number of phenols is 1. The van der Waals surface area contributed by atoms with Crippen LogP contribution in [0.1, 0.15) is 15.9 Å². The van der Waals surface area contributed by atoms with E-state index in [-0.39, 0.29) is 12.4 Å². The SMILES string of the molecule is O=Cc1cccc(C(F)(F)C(F)(F)C(F)(F)C(F)(F)F)c1O. The van der Waals surface area contributed by atoms with Gasteiger partial charge in [-0.2, -0.15) is 39.5 Å². The molecule has 1 aromatic carbocycles. The minimum Gasteiger partial charge on any atom is -0.507 e. The lowest BCUT2D eigenvalue weighted by atomic mass is 9.94. The van der Waals surface area contributed by atoms with Crippen molar-refractivity contribution in [1.82, 2.24) is 0 Å². The Balaban J connectivity index is 3.56. The molecule has 0 aromatic heterocycles. The smallest absolute Gasteiger partial charge is 0.460 e. The maximum atomic E-state index is 13.5. The number of alkyl halides is 9. The molecule has 1 N–H and O–H groups in total. The maximum absolute atomic E-state index is 13.5. The van der Waals surface area contributed by atoms with Crippen molar-refractivity contribution in [3.8, 4) is 5.75 Å². The van der Waals surface area contributed by atoms with Gasteiger partial charge in [0.25, 0.3) is 0 Å². The highest BCUT2D eigenvalue weighted by Crippen LogP contribution is 2.57. The van der Waals surface area contributed by atoms with E-state index in [1.54, 1.807) is 0 Å². The third-order valence-electron chi connectivity index (χ3n) is 2.68. The predicted octanol–water partition coefficient (Wildman–Crippen LogP) is 4.13. The van der Waals surface area contributed by atoms with Gasteiger partial charge in [0.15, 0.2) is 6.29 Å². The molecule has 0 atom stereocenters. The lowest BCUT2D eigenvalue weighted by Crippen LogP contribution is -2.59. The number of halogens is 9. The molecular weight excluding hydrogens is 335 g/mol. The standard InChI is InChI=1S/C11H5F9O2/c12-8(13,6-3-1-2-5(4-21)7(6)22)9(14,15)10(16,17)11(18,19)20/h1-4,22H. The third-order valence-corrected chi connectivity index (χ3v) is 2.68. The van der Waals surface area contributed by atoms with Gasteiger partial charge in [-0.15, -0.1) is 0 Å². The predicted molar refractivity (Wildman–Crippen MR) is 53.3 cm³/mol. The normalized spacial score (nSPS) is 14.0. The number of para-hydroxylation sites is 1. The minimum absolute atomic E-state index is 0.00268. The Bertz CT molecular complexity index is 577. The summed E-state index contributed by atoms with van der Waals surface area (Å²) < 4.78 is 115. The van der Waals surface area contributed by atoms with Crippen LogP contribution >= 0.6 is 0 Å². The molecule has 0 aliphatic rings. The summed E-state index contributed by atoms with van der Waals surface area (Å²) in [6.45, 7) is 0. The summed E-state index contributed by atoms with van der Waals surface area (Å²) in [5, 5.41) is 9.19. The molecule has 0 saturated heterocycles. The summed E-state index contributed by atoms with van der Waals surface area (Å²) in [7, 11) is 0. The molecule has 1 aromatic rings. The molecule has 124 valence electrons. The van der Waals surface area contributed by atoms with Crippen LogP contribution < -0.4 is 0 Å². The number of aldehydes is 1. The zero-order valence-corrected chi connectivity index (χ0v) is 10.1. The Morgan fingerprint density at radius 2 is 1.36 bits per heavy atom. The van der Waals surface area contributed by atoms with E-state index in [2.05, 4.69) is 0 Å². The van der Waals surface area contributed by atoms with Crippen LogP contribution in [-0.4, -0.2) is 29.4 Å². The fraction of sp³-hybridized carbons (Fsp3) is 0.364. The summed E-state index contributed by atoms with van der Waals surface area (Å²) in [4.78, 5) is 10.4. The molecule has 22 heavy (non-hydrogen) atoms.